The van der Waals surface area contributed by atoms with Crippen molar-refractivity contribution >= 4 is 0 Å². The second kappa shape index (κ2) is 12.4. The lowest BCUT2D eigenvalue weighted by atomic mass is 9.95. The van der Waals surface area contributed by atoms with E-state index < -0.39 is 5.54 Å². The Bertz CT molecular complexity index is 416. The summed E-state index contributed by atoms with van der Waals surface area (Å²) in [4.78, 5) is 4.48. The Balaban J connectivity index is 2.18. The van der Waals surface area contributed by atoms with Gasteiger partial charge in [0.15, 0.2) is 0 Å². The van der Waals surface area contributed by atoms with Crippen molar-refractivity contribution in [2.45, 2.75) is 83.1 Å². The maximum Gasteiger partial charge on any atom is 0.0633 e. The fourth-order valence-corrected chi connectivity index (χ4v) is 2.80. The molecule has 138 valence electrons. The summed E-state index contributed by atoms with van der Waals surface area (Å²) in [5.74, 6) is 0. The molecule has 0 radical (unpaired) electrons. The molecular formula is C20H36N2O2. The third-order valence-electron chi connectivity index (χ3n) is 4.71. The predicted molar refractivity (Wildman–Crippen MR) is 100.0 cm³/mol. The summed E-state index contributed by atoms with van der Waals surface area (Å²) >= 11 is 0. The third-order valence-corrected chi connectivity index (χ3v) is 4.71. The number of aliphatic hydroxyl groups excluding tert-OH is 2. The van der Waals surface area contributed by atoms with E-state index in [1.807, 2.05) is 12.3 Å². The molecule has 0 saturated carbocycles. The summed E-state index contributed by atoms with van der Waals surface area (Å²) in [7, 11) is 0. The number of unbranched alkanes of at least 4 members (excludes halogenated alkanes) is 7. The number of hydrogen-bond donors (Lipinski definition) is 3. The van der Waals surface area contributed by atoms with Crippen molar-refractivity contribution in [3.63, 3.8) is 0 Å². The van der Waals surface area contributed by atoms with Gasteiger partial charge in [0, 0.05) is 11.9 Å². The van der Waals surface area contributed by atoms with Gasteiger partial charge in [-0.2, -0.15) is 0 Å². The van der Waals surface area contributed by atoms with Gasteiger partial charge in [-0.1, -0.05) is 57.9 Å². The molecule has 0 unspecified atom stereocenters. The maximum atomic E-state index is 9.20. The lowest BCUT2D eigenvalue weighted by Gasteiger charge is -2.24. The fourth-order valence-electron chi connectivity index (χ4n) is 2.80. The molecule has 24 heavy (non-hydrogen) atoms. The smallest absolute Gasteiger partial charge is 0.0633 e. The summed E-state index contributed by atoms with van der Waals surface area (Å²) in [5, 5.41) is 18.4. The molecule has 4 heteroatoms. The Morgan fingerprint density at radius 2 is 1.54 bits per heavy atom. The van der Waals surface area contributed by atoms with Gasteiger partial charge < -0.3 is 15.9 Å². The molecule has 1 heterocycles. The van der Waals surface area contributed by atoms with E-state index in [-0.39, 0.29) is 13.2 Å². The predicted octanol–water partition coefficient (Wildman–Crippen LogP) is 3.38. The van der Waals surface area contributed by atoms with Crippen molar-refractivity contribution in [1.82, 2.24) is 4.98 Å². The van der Waals surface area contributed by atoms with Crippen molar-refractivity contribution in [2.24, 2.45) is 5.73 Å². The van der Waals surface area contributed by atoms with Gasteiger partial charge in [-0.3, -0.25) is 4.98 Å². The van der Waals surface area contributed by atoms with E-state index in [0.29, 0.717) is 12.8 Å². The SMILES string of the molecule is CCCCCCCCCCc1ccc(CCC(N)(CO)CO)nc1. The van der Waals surface area contributed by atoms with Crippen molar-refractivity contribution in [2.75, 3.05) is 13.2 Å². The monoisotopic (exact) mass is 336 g/mol. The first-order valence-corrected chi connectivity index (χ1v) is 9.58. The lowest BCUT2D eigenvalue weighted by Crippen LogP contribution is -2.47. The zero-order chi connectivity index (χ0) is 17.7. The fraction of sp³-hybridized carbons (Fsp3) is 0.750. The first-order valence-electron chi connectivity index (χ1n) is 9.58. The molecular weight excluding hydrogens is 300 g/mol. The van der Waals surface area contributed by atoms with E-state index in [4.69, 9.17) is 5.73 Å². The Morgan fingerprint density at radius 3 is 2.08 bits per heavy atom. The number of rotatable bonds is 14. The van der Waals surface area contributed by atoms with E-state index in [2.05, 4.69) is 18.0 Å². The van der Waals surface area contributed by atoms with Crippen LogP contribution in [0, 0.1) is 0 Å². The van der Waals surface area contributed by atoms with Crippen LogP contribution in [0.25, 0.3) is 0 Å². The van der Waals surface area contributed by atoms with Crippen LogP contribution in [0.5, 0.6) is 0 Å². The lowest BCUT2D eigenvalue weighted by molar-refractivity contribution is 0.114. The van der Waals surface area contributed by atoms with Crippen LogP contribution in [-0.2, 0) is 12.8 Å². The van der Waals surface area contributed by atoms with E-state index in [1.54, 1.807) is 0 Å². The summed E-state index contributed by atoms with van der Waals surface area (Å²) in [6.45, 7) is 1.84. The van der Waals surface area contributed by atoms with Gasteiger partial charge >= 0.3 is 0 Å². The number of nitrogens with zero attached hydrogens (tertiary/aromatic N) is 1. The molecule has 1 aromatic rings. The number of aromatic nitrogens is 1. The number of aliphatic hydroxyl groups is 2. The molecule has 0 amide bonds. The largest absolute Gasteiger partial charge is 0.394 e. The zero-order valence-corrected chi connectivity index (χ0v) is 15.3. The van der Waals surface area contributed by atoms with Crippen LogP contribution in [0.2, 0.25) is 0 Å². The van der Waals surface area contributed by atoms with E-state index >= 15 is 0 Å². The highest BCUT2D eigenvalue weighted by Gasteiger charge is 2.22. The number of pyridine rings is 1. The van der Waals surface area contributed by atoms with Crippen molar-refractivity contribution in [3.05, 3.63) is 29.6 Å². The molecule has 0 saturated heterocycles. The van der Waals surface area contributed by atoms with Gasteiger partial charge in [-0.05, 0) is 37.3 Å². The third kappa shape index (κ3) is 8.76. The highest BCUT2D eigenvalue weighted by atomic mass is 16.3. The summed E-state index contributed by atoms with van der Waals surface area (Å²) < 4.78 is 0. The van der Waals surface area contributed by atoms with Gasteiger partial charge in [-0.15, -0.1) is 0 Å². The topological polar surface area (TPSA) is 79.4 Å². The quantitative estimate of drug-likeness (QED) is 0.455. The Hall–Kier alpha value is -0.970. The zero-order valence-electron chi connectivity index (χ0n) is 15.3. The molecule has 4 nitrogen and oxygen atoms in total. The van der Waals surface area contributed by atoms with E-state index in [1.165, 1.54) is 56.9 Å². The minimum atomic E-state index is -0.905. The van der Waals surface area contributed by atoms with Gasteiger partial charge in [-0.25, -0.2) is 0 Å². The summed E-state index contributed by atoms with van der Waals surface area (Å²) in [6.07, 6.45) is 15.0. The van der Waals surface area contributed by atoms with Gasteiger partial charge in [0.05, 0.1) is 18.8 Å². The Kier molecular flexibility index (Phi) is 10.9. The average molecular weight is 337 g/mol. The molecule has 4 N–H and O–H groups in total. The van der Waals surface area contributed by atoms with Gasteiger partial charge in [0.1, 0.15) is 0 Å². The number of nitrogens with two attached hydrogens (primary N) is 1. The average Bonchev–Trinajstić information content (AvgIpc) is 2.63. The molecule has 0 fully saturated rings. The Morgan fingerprint density at radius 1 is 0.917 bits per heavy atom. The van der Waals surface area contributed by atoms with Gasteiger partial charge in [0.2, 0.25) is 0 Å². The first kappa shape index (κ1) is 21.1. The van der Waals surface area contributed by atoms with Crippen molar-refractivity contribution < 1.29 is 10.2 Å². The maximum absolute atomic E-state index is 9.20. The van der Waals surface area contributed by atoms with Crippen LogP contribution in [0.4, 0.5) is 0 Å². The molecule has 1 aromatic heterocycles. The summed E-state index contributed by atoms with van der Waals surface area (Å²) in [6, 6.07) is 4.18. The highest BCUT2D eigenvalue weighted by molar-refractivity contribution is 5.14. The minimum absolute atomic E-state index is 0.208. The normalized spacial score (nSPS) is 11.8. The molecule has 0 aliphatic carbocycles. The van der Waals surface area contributed by atoms with Crippen LogP contribution in [0.15, 0.2) is 18.3 Å². The molecule has 0 aromatic carbocycles. The number of hydrogen-bond acceptors (Lipinski definition) is 4. The molecule has 0 aliphatic rings. The van der Waals surface area contributed by atoms with Gasteiger partial charge in [0.25, 0.3) is 0 Å². The van der Waals surface area contributed by atoms with Crippen LogP contribution >= 0.6 is 0 Å². The van der Waals surface area contributed by atoms with Crippen LogP contribution in [-0.4, -0.2) is 33.9 Å². The second-order valence-corrected chi connectivity index (χ2v) is 7.06. The molecule has 1 rings (SSSR count). The summed E-state index contributed by atoms with van der Waals surface area (Å²) in [5.41, 5.74) is 7.22. The van der Waals surface area contributed by atoms with Crippen molar-refractivity contribution in [3.8, 4) is 0 Å². The second-order valence-electron chi connectivity index (χ2n) is 7.06. The molecule has 0 aliphatic heterocycles. The standard InChI is InChI=1S/C20H36N2O2/c1-2-3-4-5-6-7-8-9-10-18-11-12-19(22-15-18)13-14-20(21,16-23)17-24/h11-12,15,23-24H,2-10,13-14,16-17,21H2,1H3. The molecule has 0 atom stereocenters. The molecule has 0 bridgehead atoms. The van der Waals surface area contributed by atoms with Crippen LogP contribution in [0.1, 0.15) is 76.0 Å². The van der Waals surface area contributed by atoms with E-state index in [0.717, 1.165) is 12.1 Å². The number of aryl methyl sites for hydroxylation is 2. The highest BCUT2D eigenvalue weighted by Crippen LogP contribution is 2.13. The van der Waals surface area contributed by atoms with Crippen molar-refractivity contribution in [1.29, 1.82) is 0 Å². The Labute approximate surface area is 147 Å². The molecule has 0 spiro atoms. The minimum Gasteiger partial charge on any atom is -0.394 e. The van der Waals surface area contributed by atoms with E-state index in [9.17, 15) is 10.2 Å². The van der Waals surface area contributed by atoms with Crippen LogP contribution in [0.3, 0.4) is 0 Å². The van der Waals surface area contributed by atoms with Crippen LogP contribution < -0.4 is 5.73 Å². The first-order chi connectivity index (χ1) is 11.6.